The Kier molecular flexibility index (Phi) is 8.68. The van der Waals surface area contributed by atoms with Crippen LogP contribution in [-0.4, -0.2) is 52.4 Å². The third-order valence-electron chi connectivity index (χ3n) is 6.82. The Morgan fingerprint density at radius 2 is 2.03 bits per heavy atom. The number of hydrogen-bond acceptors (Lipinski definition) is 4. The van der Waals surface area contributed by atoms with Crippen molar-refractivity contribution in [3.63, 3.8) is 0 Å². The van der Waals surface area contributed by atoms with Gasteiger partial charge in [-0.1, -0.05) is 25.1 Å². The van der Waals surface area contributed by atoms with Crippen molar-refractivity contribution in [1.29, 1.82) is 0 Å². The van der Waals surface area contributed by atoms with Crippen molar-refractivity contribution in [3.05, 3.63) is 65.6 Å². The molecule has 2 amide bonds. The molecular weight excluding hydrogens is 504 g/mol. The van der Waals surface area contributed by atoms with E-state index in [-0.39, 0.29) is 18.7 Å². The van der Waals surface area contributed by atoms with E-state index in [1.807, 2.05) is 44.2 Å². The first-order valence-electron chi connectivity index (χ1n) is 13.0. The van der Waals surface area contributed by atoms with Gasteiger partial charge in [0.25, 0.3) is 5.91 Å². The number of nitrogens with one attached hydrogen (secondary N) is 2. The SMILES string of the molecule is CCC(=NCCNC=O)N=C(N)c1ccc(C)c(NC(=O)c2cnc3ccccn23)c1.FC1(F)CC2CC2C1. The lowest BCUT2D eigenvalue weighted by atomic mass is 10.1. The molecule has 2 heterocycles. The van der Waals surface area contributed by atoms with Crippen LogP contribution in [0.2, 0.25) is 0 Å². The Labute approximate surface area is 225 Å². The number of amides is 2. The molecule has 2 saturated carbocycles. The predicted octanol–water partition coefficient (Wildman–Crippen LogP) is 4.21. The Hall–Kier alpha value is -4.15. The first-order chi connectivity index (χ1) is 18.7. The van der Waals surface area contributed by atoms with E-state index in [0.717, 1.165) is 12.0 Å². The second-order valence-corrected chi connectivity index (χ2v) is 9.80. The average molecular weight is 538 g/mol. The summed E-state index contributed by atoms with van der Waals surface area (Å²) in [6.07, 6.45) is 6.01. The Bertz CT molecular complexity index is 1390. The minimum Gasteiger partial charge on any atom is -0.383 e. The van der Waals surface area contributed by atoms with Crippen LogP contribution in [0.25, 0.3) is 5.65 Å². The van der Waals surface area contributed by atoms with Gasteiger partial charge in [0.2, 0.25) is 12.3 Å². The highest BCUT2D eigenvalue weighted by Gasteiger charge is 2.55. The van der Waals surface area contributed by atoms with E-state index in [4.69, 9.17) is 5.73 Å². The number of nitrogens with two attached hydrogens (primary N) is 1. The highest BCUT2D eigenvalue weighted by Crippen LogP contribution is 2.57. The number of pyridine rings is 1. The number of alkyl halides is 2. The molecule has 4 N–H and O–H groups in total. The Morgan fingerprint density at radius 1 is 1.26 bits per heavy atom. The van der Waals surface area contributed by atoms with Gasteiger partial charge in [0.05, 0.1) is 12.7 Å². The van der Waals surface area contributed by atoms with Gasteiger partial charge in [-0.3, -0.25) is 19.0 Å². The zero-order chi connectivity index (χ0) is 28.0. The number of aromatic nitrogens is 2. The van der Waals surface area contributed by atoms with Gasteiger partial charge in [-0.15, -0.1) is 0 Å². The number of nitrogens with zero attached hydrogens (tertiary/aromatic N) is 4. The summed E-state index contributed by atoms with van der Waals surface area (Å²) in [6, 6.07) is 11.1. The van der Waals surface area contributed by atoms with Crippen LogP contribution in [0.5, 0.6) is 0 Å². The van der Waals surface area contributed by atoms with Gasteiger partial charge in [-0.2, -0.15) is 0 Å². The fourth-order valence-electron chi connectivity index (χ4n) is 4.60. The van der Waals surface area contributed by atoms with Crippen LogP contribution in [0.3, 0.4) is 0 Å². The lowest BCUT2D eigenvalue weighted by molar-refractivity contribution is -0.109. The summed E-state index contributed by atoms with van der Waals surface area (Å²) in [5, 5.41) is 5.49. The molecule has 9 nitrogen and oxygen atoms in total. The Balaban J connectivity index is 0.000000371. The fraction of sp³-hybridized carbons (Fsp3) is 0.393. The average Bonchev–Trinajstić information content (AvgIpc) is 3.32. The summed E-state index contributed by atoms with van der Waals surface area (Å²) < 4.78 is 26.2. The maximum atomic E-state index is 12.8. The third kappa shape index (κ3) is 7.24. The number of hydrogen-bond donors (Lipinski definition) is 3. The maximum absolute atomic E-state index is 12.8. The number of amidine groups is 2. The summed E-state index contributed by atoms with van der Waals surface area (Å²) in [5.41, 5.74) is 9.53. The molecule has 2 aliphatic carbocycles. The van der Waals surface area contributed by atoms with Gasteiger partial charge in [0.1, 0.15) is 23.0 Å². The number of rotatable bonds is 8. The van der Waals surface area contributed by atoms with Gasteiger partial charge < -0.3 is 16.4 Å². The van der Waals surface area contributed by atoms with Gasteiger partial charge in [0.15, 0.2) is 0 Å². The van der Waals surface area contributed by atoms with Gasteiger partial charge in [-0.25, -0.2) is 18.8 Å². The van der Waals surface area contributed by atoms with Crippen LogP contribution < -0.4 is 16.4 Å². The molecule has 5 rings (SSSR count). The lowest BCUT2D eigenvalue weighted by Gasteiger charge is -2.11. The quantitative estimate of drug-likeness (QED) is 0.172. The van der Waals surface area contributed by atoms with E-state index in [9.17, 15) is 18.4 Å². The molecule has 2 aliphatic rings. The lowest BCUT2D eigenvalue weighted by Crippen LogP contribution is -2.19. The zero-order valence-corrected chi connectivity index (χ0v) is 22.0. The van der Waals surface area contributed by atoms with Crippen molar-refractivity contribution in [3.8, 4) is 0 Å². The molecule has 0 aliphatic heterocycles. The molecule has 0 spiro atoms. The molecule has 2 fully saturated rings. The first kappa shape index (κ1) is 27.9. The summed E-state index contributed by atoms with van der Waals surface area (Å²) in [5.74, 6) is -0.854. The summed E-state index contributed by atoms with van der Waals surface area (Å²) >= 11 is 0. The second kappa shape index (κ2) is 12.1. The number of benzene rings is 1. The molecule has 1 aromatic carbocycles. The van der Waals surface area contributed by atoms with Crippen molar-refractivity contribution in [2.75, 3.05) is 18.4 Å². The van der Waals surface area contributed by atoms with E-state index in [2.05, 4.69) is 25.6 Å². The number of fused-ring (bicyclic) bond motifs is 2. The normalized spacial score (nSPS) is 19.6. The van der Waals surface area contributed by atoms with Crippen molar-refractivity contribution >= 4 is 35.3 Å². The standard InChI is InChI=1S/C22H25N7O2.C6H8F2/c1-3-19(25-10-9-24-14-30)28-21(23)16-8-7-15(2)17(12-16)27-22(31)18-13-26-20-6-4-5-11-29(18)20;7-6(8)2-4-1-5(4)3-6/h4-8,11-14H,3,9-10H2,1-2H3,(H,24,30)(H,27,31)(H2,23,25,28);4-5H,1-3H2. The van der Waals surface area contributed by atoms with Crippen LogP contribution in [0, 0.1) is 18.8 Å². The number of anilines is 1. The smallest absolute Gasteiger partial charge is 0.274 e. The Morgan fingerprint density at radius 3 is 2.69 bits per heavy atom. The van der Waals surface area contributed by atoms with Crippen LogP contribution in [0.15, 0.2) is 58.8 Å². The molecule has 0 saturated heterocycles. The van der Waals surface area contributed by atoms with Crippen molar-refractivity contribution < 1.29 is 18.4 Å². The topological polar surface area (TPSA) is 126 Å². The van der Waals surface area contributed by atoms with E-state index >= 15 is 0 Å². The van der Waals surface area contributed by atoms with Gasteiger partial charge >= 0.3 is 0 Å². The molecule has 2 unspecified atom stereocenters. The summed E-state index contributed by atoms with van der Waals surface area (Å²) in [6.45, 7) is 4.69. The van der Waals surface area contributed by atoms with Crippen molar-refractivity contribution in [2.45, 2.75) is 45.5 Å². The number of carbonyl (C=O) groups excluding carboxylic acids is 2. The number of aliphatic imine (C=N–C) groups is 2. The minimum atomic E-state index is -2.28. The zero-order valence-electron chi connectivity index (χ0n) is 22.0. The molecular formula is C28H33F2N7O2. The monoisotopic (exact) mass is 537 g/mol. The fourth-order valence-corrected chi connectivity index (χ4v) is 4.60. The van der Waals surface area contributed by atoms with Gasteiger partial charge in [-0.05, 0) is 48.9 Å². The highest BCUT2D eigenvalue weighted by atomic mass is 19.3. The van der Waals surface area contributed by atoms with Crippen LogP contribution >= 0.6 is 0 Å². The van der Waals surface area contributed by atoms with Crippen LogP contribution in [-0.2, 0) is 4.79 Å². The molecule has 0 radical (unpaired) electrons. The molecule has 206 valence electrons. The second-order valence-electron chi connectivity index (χ2n) is 9.80. The predicted molar refractivity (Wildman–Crippen MR) is 147 cm³/mol. The van der Waals surface area contributed by atoms with E-state index in [0.29, 0.717) is 72.0 Å². The molecule has 11 heteroatoms. The minimum absolute atomic E-state index is 0.178. The largest absolute Gasteiger partial charge is 0.383 e. The van der Waals surface area contributed by atoms with E-state index in [1.54, 1.807) is 22.9 Å². The number of halogens is 2. The molecule has 0 bridgehead atoms. The number of imidazole rings is 1. The van der Waals surface area contributed by atoms with Crippen LogP contribution in [0.1, 0.15) is 54.2 Å². The number of aryl methyl sites for hydroxylation is 1. The summed E-state index contributed by atoms with van der Waals surface area (Å²) in [7, 11) is 0. The van der Waals surface area contributed by atoms with Gasteiger partial charge in [0, 0.05) is 43.3 Å². The van der Waals surface area contributed by atoms with Crippen LogP contribution in [0.4, 0.5) is 14.5 Å². The highest BCUT2D eigenvalue weighted by molar-refractivity contribution is 6.07. The molecule has 39 heavy (non-hydrogen) atoms. The first-order valence-corrected chi connectivity index (χ1v) is 13.0. The molecule has 2 atom stereocenters. The van der Waals surface area contributed by atoms with E-state index < -0.39 is 5.92 Å². The van der Waals surface area contributed by atoms with Crippen molar-refractivity contribution in [1.82, 2.24) is 14.7 Å². The number of carbonyl (C=O) groups is 2. The van der Waals surface area contributed by atoms with E-state index in [1.165, 1.54) is 0 Å². The maximum Gasteiger partial charge on any atom is 0.274 e. The third-order valence-corrected chi connectivity index (χ3v) is 6.82. The van der Waals surface area contributed by atoms with Crippen molar-refractivity contribution in [2.24, 2.45) is 27.6 Å². The molecule has 3 aromatic rings. The summed E-state index contributed by atoms with van der Waals surface area (Å²) in [4.78, 5) is 36.2. The molecule has 2 aromatic heterocycles.